The van der Waals surface area contributed by atoms with Crippen LogP contribution in [-0.2, 0) is 0 Å². The van der Waals surface area contributed by atoms with Gasteiger partial charge in [-0.2, -0.15) is 0 Å². The molecule has 0 bridgehead atoms. The van der Waals surface area contributed by atoms with Gasteiger partial charge in [-0.3, -0.25) is 9.78 Å². The predicted molar refractivity (Wildman–Crippen MR) is 87.1 cm³/mol. The standard InChI is InChI=1S/C18H23N3O/c22-18(15-9-11-19-12-10-15)20-16-7-3-4-8-17(16)21-13-5-1-2-6-14-21/h4,8-12H,1-3,5-7,13-14H2,(H,20,22). The van der Waals surface area contributed by atoms with Gasteiger partial charge in [0.15, 0.2) is 0 Å². The highest BCUT2D eigenvalue weighted by molar-refractivity contribution is 5.95. The van der Waals surface area contributed by atoms with Gasteiger partial charge >= 0.3 is 0 Å². The van der Waals surface area contributed by atoms with Crippen molar-refractivity contribution >= 4 is 5.91 Å². The van der Waals surface area contributed by atoms with Gasteiger partial charge in [-0.05, 0) is 43.9 Å². The number of carbonyl (C=O) groups is 1. The maximum Gasteiger partial charge on any atom is 0.255 e. The summed E-state index contributed by atoms with van der Waals surface area (Å²) in [4.78, 5) is 18.8. The van der Waals surface area contributed by atoms with Crippen LogP contribution in [0.5, 0.6) is 0 Å². The van der Waals surface area contributed by atoms with E-state index in [2.05, 4.69) is 27.4 Å². The Morgan fingerprint density at radius 2 is 1.82 bits per heavy atom. The minimum atomic E-state index is -0.0416. The molecule has 1 aromatic rings. The fourth-order valence-electron chi connectivity index (χ4n) is 3.10. The normalized spacial score (nSPS) is 19.0. The van der Waals surface area contributed by atoms with Crippen LogP contribution < -0.4 is 5.32 Å². The number of amides is 1. The number of hydrogen-bond donors (Lipinski definition) is 1. The van der Waals surface area contributed by atoms with Crippen LogP contribution >= 0.6 is 0 Å². The zero-order valence-corrected chi connectivity index (χ0v) is 12.9. The zero-order valence-electron chi connectivity index (χ0n) is 12.9. The summed E-state index contributed by atoms with van der Waals surface area (Å²) in [5, 5.41) is 3.12. The fourth-order valence-corrected chi connectivity index (χ4v) is 3.10. The first-order chi connectivity index (χ1) is 10.8. The number of hydrogen-bond acceptors (Lipinski definition) is 3. The Hall–Kier alpha value is -2.10. The minimum absolute atomic E-state index is 0.0416. The van der Waals surface area contributed by atoms with Gasteiger partial charge in [0.2, 0.25) is 0 Å². The summed E-state index contributed by atoms with van der Waals surface area (Å²) in [6.07, 6.45) is 14.7. The Morgan fingerprint density at radius 3 is 2.55 bits per heavy atom. The zero-order chi connectivity index (χ0) is 15.2. The third-order valence-corrected chi connectivity index (χ3v) is 4.30. The van der Waals surface area contributed by atoms with E-state index in [-0.39, 0.29) is 5.91 Å². The van der Waals surface area contributed by atoms with Gasteiger partial charge in [0, 0.05) is 36.7 Å². The molecular formula is C18H23N3O. The molecule has 2 aliphatic rings. The van der Waals surface area contributed by atoms with Crippen LogP contribution in [0.15, 0.2) is 48.1 Å². The van der Waals surface area contributed by atoms with Crippen LogP contribution in [-0.4, -0.2) is 28.9 Å². The van der Waals surface area contributed by atoms with E-state index in [1.807, 2.05) is 0 Å². The van der Waals surface area contributed by atoms with E-state index < -0.39 is 0 Å². The Balaban J connectivity index is 1.78. The third-order valence-electron chi connectivity index (χ3n) is 4.30. The molecule has 1 aliphatic heterocycles. The van der Waals surface area contributed by atoms with Crippen LogP contribution in [0, 0.1) is 0 Å². The van der Waals surface area contributed by atoms with Crippen molar-refractivity contribution in [1.29, 1.82) is 0 Å². The van der Waals surface area contributed by atoms with Crippen molar-refractivity contribution in [3.05, 3.63) is 53.6 Å². The van der Waals surface area contributed by atoms with Crippen molar-refractivity contribution in [2.75, 3.05) is 13.1 Å². The van der Waals surface area contributed by atoms with E-state index in [0.717, 1.165) is 31.6 Å². The highest BCUT2D eigenvalue weighted by Gasteiger charge is 2.18. The first-order valence-corrected chi connectivity index (χ1v) is 8.20. The Kier molecular flexibility index (Phi) is 4.88. The van der Waals surface area contributed by atoms with Crippen LogP contribution in [0.25, 0.3) is 0 Å². The maximum atomic E-state index is 12.4. The van der Waals surface area contributed by atoms with Crippen LogP contribution in [0.1, 0.15) is 48.9 Å². The average Bonchev–Trinajstić information content (AvgIpc) is 2.85. The Morgan fingerprint density at radius 1 is 1.09 bits per heavy atom. The smallest absolute Gasteiger partial charge is 0.255 e. The molecular weight excluding hydrogens is 274 g/mol. The summed E-state index contributed by atoms with van der Waals surface area (Å²) in [5.41, 5.74) is 2.93. The molecule has 22 heavy (non-hydrogen) atoms. The lowest BCUT2D eigenvalue weighted by Crippen LogP contribution is -2.31. The van der Waals surface area contributed by atoms with Crippen LogP contribution in [0.2, 0.25) is 0 Å². The molecule has 1 N–H and O–H groups in total. The summed E-state index contributed by atoms with van der Waals surface area (Å²) in [6, 6.07) is 3.50. The van der Waals surface area contributed by atoms with Crippen molar-refractivity contribution in [3.8, 4) is 0 Å². The predicted octanol–water partition coefficient (Wildman–Crippen LogP) is 3.25. The number of allylic oxidation sites excluding steroid dienone is 3. The summed E-state index contributed by atoms with van der Waals surface area (Å²) < 4.78 is 0. The highest BCUT2D eigenvalue weighted by Crippen LogP contribution is 2.23. The lowest BCUT2D eigenvalue weighted by Gasteiger charge is -2.28. The molecule has 0 atom stereocenters. The molecule has 4 heteroatoms. The second kappa shape index (κ2) is 7.25. The lowest BCUT2D eigenvalue weighted by atomic mass is 10.1. The molecule has 1 aromatic heterocycles. The van der Waals surface area contributed by atoms with Gasteiger partial charge in [-0.25, -0.2) is 0 Å². The quantitative estimate of drug-likeness (QED) is 0.931. The first-order valence-electron chi connectivity index (χ1n) is 8.20. The molecule has 0 radical (unpaired) electrons. The Bertz CT molecular complexity index is 569. The van der Waals surface area contributed by atoms with E-state index in [1.54, 1.807) is 24.5 Å². The second-order valence-electron chi connectivity index (χ2n) is 5.90. The van der Waals surface area contributed by atoms with Crippen molar-refractivity contribution in [3.63, 3.8) is 0 Å². The molecule has 0 saturated carbocycles. The molecule has 116 valence electrons. The highest BCUT2D eigenvalue weighted by atomic mass is 16.1. The lowest BCUT2D eigenvalue weighted by molar-refractivity contribution is 0.0963. The first kappa shape index (κ1) is 14.8. The summed E-state index contributed by atoms with van der Waals surface area (Å²) in [6.45, 7) is 2.18. The van der Waals surface area contributed by atoms with Crippen molar-refractivity contribution in [2.24, 2.45) is 0 Å². The van der Waals surface area contributed by atoms with Crippen LogP contribution in [0.3, 0.4) is 0 Å². The number of nitrogens with one attached hydrogen (secondary N) is 1. The van der Waals surface area contributed by atoms with E-state index in [4.69, 9.17) is 0 Å². The van der Waals surface area contributed by atoms with E-state index in [1.165, 1.54) is 31.4 Å². The van der Waals surface area contributed by atoms with E-state index in [0.29, 0.717) is 5.56 Å². The van der Waals surface area contributed by atoms with Gasteiger partial charge in [0.1, 0.15) is 0 Å². The molecule has 1 saturated heterocycles. The second-order valence-corrected chi connectivity index (χ2v) is 5.90. The summed E-state index contributed by atoms with van der Waals surface area (Å²) >= 11 is 0. The molecule has 0 aromatic carbocycles. The van der Waals surface area contributed by atoms with E-state index >= 15 is 0 Å². The number of carbonyl (C=O) groups excluding carboxylic acids is 1. The van der Waals surface area contributed by atoms with Gasteiger partial charge < -0.3 is 10.2 Å². The number of aromatic nitrogens is 1. The van der Waals surface area contributed by atoms with Gasteiger partial charge in [0.25, 0.3) is 5.91 Å². The fraction of sp³-hybridized carbons (Fsp3) is 0.444. The maximum absolute atomic E-state index is 12.4. The van der Waals surface area contributed by atoms with Gasteiger partial charge in [0.05, 0.1) is 5.70 Å². The number of rotatable bonds is 3. The Labute approximate surface area is 131 Å². The molecule has 1 amide bonds. The minimum Gasteiger partial charge on any atom is -0.370 e. The SMILES string of the molecule is O=C(NC1=C(N2CCCCCC2)C=CCC1)c1ccncc1. The molecule has 3 rings (SSSR count). The van der Waals surface area contributed by atoms with Gasteiger partial charge in [-0.1, -0.05) is 18.9 Å². The number of pyridine rings is 1. The summed E-state index contributed by atoms with van der Waals surface area (Å²) in [5.74, 6) is -0.0416. The summed E-state index contributed by atoms with van der Waals surface area (Å²) in [7, 11) is 0. The van der Waals surface area contributed by atoms with Crippen molar-refractivity contribution in [2.45, 2.75) is 38.5 Å². The van der Waals surface area contributed by atoms with Crippen molar-refractivity contribution in [1.82, 2.24) is 15.2 Å². The average molecular weight is 297 g/mol. The molecule has 4 nitrogen and oxygen atoms in total. The molecule has 1 fully saturated rings. The topological polar surface area (TPSA) is 45.2 Å². The largest absolute Gasteiger partial charge is 0.370 e. The number of likely N-dealkylation sites (tertiary alicyclic amines) is 1. The van der Waals surface area contributed by atoms with E-state index in [9.17, 15) is 4.79 Å². The molecule has 0 unspecified atom stereocenters. The van der Waals surface area contributed by atoms with Crippen molar-refractivity contribution < 1.29 is 4.79 Å². The monoisotopic (exact) mass is 297 g/mol. The molecule has 2 heterocycles. The molecule has 0 spiro atoms. The molecule has 1 aliphatic carbocycles. The third kappa shape index (κ3) is 3.56. The van der Waals surface area contributed by atoms with Crippen LogP contribution in [0.4, 0.5) is 0 Å². The van der Waals surface area contributed by atoms with Gasteiger partial charge in [-0.15, -0.1) is 0 Å². The number of nitrogens with zero attached hydrogens (tertiary/aromatic N) is 2.